The van der Waals surface area contributed by atoms with Crippen LogP contribution in [-0.2, 0) is 16.4 Å². The molecule has 0 unspecified atom stereocenters. The number of nitrogens with zero attached hydrogens (tertiary/aromatic N) is 1. The molecule has 7 heteroatoms. The minimum absolute atomic E-state index is 0.242. The van der Waals surface area contributed by atoms with Crippen molar-refractivity contribution in [3.8, 4) is 0 Å². The third kappa shape index (κ3) is 3.03. The van der Waals surface area contributed by atoms with Gasteiger partial charge in [0.25, 0.3) is 5.91 Å². The van der Waals surface area contributed by atoms with Gasteiger partial charge in [0.2, 0.25) is 10.0 Å². The van der Waals surface area contributed by atoms with Crippen LogP contribution in [0.2, 0.25) is 0 Å². The van der Waals surface area contributed by atoms with Gasteiger partial charge in [0, 0.05) is 0 Å². The predicted molar refractivity (Wildman–Crippen MR) is 73.9 cm³/mol. The number of hydrogen-bond donors (Lipinski definition) is 1. The van der Waals surface area contributed by atoms with E-state index in [9.17, 15) is 13.2 Å². The summed E-state index contributed by atoms with van der Waals surface area (Å²) in [5.41, 5.74) is 0.728. The van der Waals surface area contributed by atoms with Gasteiger partial charge in [-0.1, -0.05) is 31.3 Å². The monoisotopic (exact) mass is 300 g/mol. The zero-order valence-electron chi connectivity index (χ0n) is 11.8. The van der Waals surface area contributed by atoms with Crippen molar-refractivity contribution in [2.45, 2.75) is 57.6 Å². The standard InChI is InChI=1S/C13H20N2O4S/c1-3-11-12(9(2)19-14-11)13(16)15-20(17,18)10-7-5-4-6-8-10/h10H,3-8H2,1-2H3,(H,15,16). The van der Waals surface area contributed by atoms with Crippen LogP contribution in [0.3, 0.4) is 0 Å². The van der Waals surface area contributed by atoms with Crippen LogP contribution in [0.15, 0.2) is 4.52 Å². The van der Waals surface area contributed by atoms with Crippen molar-refractivity contribution in [3.63, 3.8) is 0 Å². The summed E-state index contributed by atoms with van der Waals surface area (Å²) in [5.74, 6) is -0.288. The molecule has 1 saturated carbocycles. The maximum atomic E-state index is 12.2. The summed E-state index contributed by atoms with van der Waals surface area (Å²) in [6.07, 6.45) is 4.60. The fourth-order valence-electron chi connectivity index (χ4n) is 2.59. The van der Waals surface area contributed by atoms with Crippen LogP contribution >= 0.6 is 0 Å². The molecule has 1 aromatic heterocycles. The molecule has 1 heterocycles. The fourth-order valence-corrected chi connectivity index (χ4v) is 4.07. The van der Waals surface area contributed by atoms with Gasteiger partial charge in [-0.15, -0.1) is 0 Å². The van der Waals surface area contributed by atoms with Gasteiger partial charge in [-0.25, -0.2) is 13.1 Å². The van der Waals surface area contributed by atoms with Gasteiger partial charge in [0.1, 0.15) is 11.3 Å². The van der Waals surface area contributed by atoms with Gasteiger partial charge in [-0.3, -0.25) is 4.79 Å². The number of carbonyl (C=O) groups is 1. The fraction of sp³-hybridized carbons (Fsp3) is 0.692. The molecule has 20 heavy (non-hydrogen) atoms. The molecule has 112 valence electrons. The third-order valence-corrected chi connectivity index (χ3v) is 5.54. The van der Waals surface area contributed by atoms with Gasteiger partial charge >= 0.3 is 0 Å². The van der Waals surface area contributed by atoms with Crippen molar-refractivity contribution in [2.24, 2.45) is 0 Å². The summed E-state index contributed by atoms with van der Waals surface area (Å²) in [6.45, 7) is 3.44. The number of rotatable bonds is 4. The molecular formula is C13H20N2O4S. The third-order valence-electron chi connectivity index (χ3n) is 3.72. The van der Waals surface area contributed by atoms with Crippen LogP contribution in [-0.4, -0.2) is 24.7 Å². The zero-order chi connectivity index (χ0) is 14.8. The Morgan fingerprint density at radius 1 is 1.35 bits per heavy atom. The minimum atomic E-state index is -3.62. The van der Waals surface area contributed by atoms with Crippen LogP contribution in [0.5, 0.6) is 0 Å². The lowest BCUT2D eigenvalue weighted by atomic mass is 10.0. The molecular weight excluding hydrogens is 280 g/mol. The van der Waals surface area contributed by atoms with Gasteiger partial charge in [-0.2, -0.15) is 0 Å². The number of aryl methyl sites for hydroxylation is 2. The number of carbonyl (C=O) groups excluding carboxylic acids is 1. The normalized spacial score (nSPS) is 17.1. The van der Waals surface area contributed by atoms with E-state index in [0.717, 1.165) is 19.3 Å². The smallest absolute Gasteiger partial charge is 0.270 e. The Morgan fingerprint density at radius 2 is 2.00 bits per heavy atom. The number of amides is 1. The molecule has 0 radical (unpaired) electrons. The molecule has 1 aliphatic carbocycles. The van der Waals surface area contributed by atoms with Crippen molar-refractivity contribution in [3.05, 3.63) is 17.0 Å². The molecule has 1 N–H and O–H groups in total. The van der Waals surface area contributed by atoms with E-state index in [1.54, 1.807) is 6.92 Å². The first-order valence-electron chi connectivity index (χ1n) is 6.96. The van der Waals surface area contributed by atoms with Gasteiger partial charge in [-0.05, 0) is 26.2 Å². The summed E-state index contributed by atoms with van der Waals surface area (Å²) < 4.78 is 31.6. The van der Waals surface area contributed by atoms with Crippen LogP contribution in [0.4, 0.5) is 0 Å². The Balaban J connectivity index is 2.16. The predicted octanol–water partition coefficient (Wildman–Crippen LogP) is 1.94. The lowest BCUT2D eigenvalue weighted by Gasteiger charge is -2.21. The highest BCUT2D eigenvalue weighted by molar-refractivity contribution is 7.90. The quantitative estimate of drug-likeness (QED) is 0.917. The first-order valence-corrected chi connectivity index (χ1v) is 8.51. The molecule has 6 nitrogen and oxygen atoms in total. The van der Waals surface area contributed by atoms with Crippen molar-refractivity contribution in [2.75, 3.05) is 0 Å². The molecule has 1 aliphatic rings. The van der Waals surface area contributed by atoms with Gasteiger partial charge in [0.05, 0.1) is 10.9 Å². The molecule has 0 aliphatic heterocycles. The molecule has 1 aromatic rings. The Morgan fingerprint density at radius 3 is 2.60 bits per heavy atom. The summed E-state index contributed by atoms with van der Waals surface area (Å²) in [7, 11) is -3.62. The number of nitrogens with one attached hydrogen (secondary N) is 1. The topological polar surface area (TPSA) is 89.3 Å². The highest BCUT2D eigenvalue weighted by Gasteiger charge is 2.31. The maximum absolute atomic E-state index is 12.2. The Hall–Kier alpha value is -1.37. The van der Waals surface area contributed by atoms with Crippen LogP contribution in [0.25, 0.3) is 0 Å². The van der Waals surface area contributed by atoms with Crippen molar-refractivity contribution in [1.82, 2.24) is 9.88 Å². The molecule has 1 amide bonds. The number of hydrogen-bond acceptors (Lipinski definition) is 5. The molecule has 1 fully saturated rings. The van der Waals surface area contributed by atoms with E-state index in [2.05, 4.69) is 9.88 Å². The van der Waals surface area contributed by atoms with E-state index in [-0.39, 0.29) is 5.56 Å². The van der Waals surface area contributed by atoms with E-state index in [1.807, 2.05) is 6.92 Å². The number of aromatic nitrogens is 1. The Labute approximate surface area is 119 Å². The first kappa shape index (κ1) is 15.0. The first-order chi connectivity index (χ1) is 9.45. The zero-order valence-corrected chi connectivity index (χ0v) is 12.6. The molecule has 0 saturated heterocycles. The second kappa shape index (κ2) is 5.95. The minimum Gasteiger partial charge on any atom is -0.361 e. The van der Waals surface area contributed by atoms with Crippen LogP contribution in [0.1, 0.15) is 60.8 Å². The average molecular weight is 300 g/mol. The van der Waals surface area contributed by atoms with Crippen LogP contribution < -0.4 is 4.72 Å². The van der Waals surface area contributed by atoms with Crippen molar-refractivity contribution < 1.29 is 17.7 Å². The van der Waals surface area contributed by atoms with Gasteiger partial charge < -0.3 is 4.52 Å². The second-order valence-electron chi connectivity index (χ2n) is 5.15. The Kier molecular flexibility index (Phi) is 4.47. The van der Waals surface area contributed by atoms with Crippen LogP contribution in [0, 0.1) is 6.92 Å². The van der Waals surface area contributed by atoms with Crippen molar-refractivity contribution >= 4 is 15.9 Å². The Bertz CT molecular complexity index is 586. The summed E-state index contributed by atoms with van der Waals surface area (Å²) in [4.78, 5) is 12.2. The van der Waals surface area contributed by atoms with Gasteiger partial charge in [0.15, 0.2) is 0 Å². The highest BCUT2D eigenvalue weighted by Crippen LogP contribution is 2.23. The molecule has 2 rings (SSSR count). The van der Waals surface area contributed by atoms with E-state index in [4.69, 9.17) is 4.52 Å². The summed E-state index contributed by atoms with van der Waals surface area (Å²) >= 11 is 0. The SMILES string of the molecule is CCc1noc(C)c1C(=O)NS(=O)(=O)C1CCCCC1. The molecule has 0 aromatic carbocycles. The lowest BCUT2D eigenvalue weighted by Crippen LogP contribution is -2.39. The molecule has 0 spiro atoms. The van der Waals surface area contributed by atoms with E-state index < -0.39 is 21.2 Å². The van der Waals surface area contributed by atoms with E-state index >= 15 is 0 Å². The van der Waals surface area contributed by atoms with E-state index in [1.165, 1.54) is 0 Å². The van der Waals surface area contributed by atoms with Crippen molar-refractivity contribution in [1.29, 1.82) is 0 Å². The molecule has 0 bridgehead atoms. The number of sulfonamides is 1. The highest BCUT2D eigenvalue weighted by atomic mass is 32.2. The lowest BCUT2D eigenvalue weighted by molar-refractivity contribution is 0.0978. The maximum Gasteiger partial charge on any atom is 0.270 e. The summed E-state index contributed by atoms with van der Waals surface area (Å²) in [5, 5.41) is 3.30. The average Bonchev–Trinajstić information content (AvgIpc) is 2.80. The molecule has 0 atom stereocenters. The second-order valence-corrected chi connectivity index (χ2v) is 7.11. The summed E-state index contributed by atoms with van der Waals surface area (Å²) in [6, 6.07) is 0. The van der Waals surface area contributed by atoms with E-state index in [0.29, 0.717) is 30.7 Å². The largest absolute Gasteiger partial charge is 0.361 e.